The maximum atomic E-state index is 12.6. The van der Waals surface area contributed by atoms with E-state index in [2.05, 4.69) is 25.7 Å². The first kappa shape index (κ1) is 29.2. The molecule has 3 amide bonds. The maximum Gasteiger partial charge on any atom is 0.354 e. The highest BCUT2D eigenvalue weighted by molar-refractivity contribution is 6.06. The van der Waals surface area contributed by atoms with Crippen LogP contribution in [-0.4, -0.2) is 106 Å². The van der Waals surface area contributed by atoms with E-state index < -0.39 is 5.97 Å². The van der Waals surface area contributed by atoms with Crippen molar-refractivity contribution >= 4 is 23.7 Å². The van der Waals surface area contributed by atoms with Crippen LogP contribution >= 0.6 is 0 Å². The number of carboxylic acid groups (broad SMARTS) is 1. The van der Waals surface area contributed by atoms with E-state index in [4.69, 9.17) is 5.11 Å². The topological polar surface area (TPSA) is 173 Å². The number of nitrogens with one attached hydrogen (secondary N) is 1. The van der Waals surface area contributed by atoms with Crippen molar-refractivity contribution < 1.29 is 24.3 Å². The van der Waals surface area contributed by atoms with Crippen LogP contribution < -0.4 is 5.32 Å². The van der Waals surface area contributed by atoms with Gasteiger partial charge in [0.25, 0.3) is 17.7 Å². The van der Waals surface area contributed by atoms with E-state index in [-0.39, 0.29) is 34.7 Å². The van der Waals surface area contributed by atoms with Crippen LogP contribution in [0.2, 0.25) is 0 Å². The minimum absolute atomic E-state index is 0.0492. The Kier molecular flexibility index (Phi) is 8.59. The summed E-state index contributed by atoms with van der Waals surface area (Å²) in [6, 6.07) is 9.62. The summed E-state index contributed by atoms with van der Waals surface area (Å²) in [4.78, 5) is 52.7. The number of para-hydroxylation sites is 1. The largest absolute Gasteiger partial charge is 0.477 e. The van der Waals surface area contributed by atoms with Crippen molar-refractivity contribution in [2.24, 2.45) is 14.1 Å². The molecule has 0 saturated carbocycles. The molecule has 224 valence electrons. The molecule has 1 aromatic carbocycles. The molecule has 15 heteroatoms. The fraction of sp³-hybridized carbons (Fsp3) is 0.357. The number of aromatic carboxylic acids is 1. The molecule has 2 aliphatic rings. The van der Waals surface area contributed by atoms with E-state index in [1.54, 1.807) is 27.8 Å². The lowest BCUT2D eigenvalue weighted by molar-refractivity contribution is 0.0621. The summed E-state index contributed by atoms with van der Waals surface area (Å²) >= 11 is 0. The molecule has 2 saturated heterocycles. The number of rotatable bonds is 8. The number of likely N-dealkylation sites (tertiary alicyclic amines) is 2. The summed E-state index contributed by atoms with van der Waals surface area (Å²) in [6.07, 6.45) is 6.96. The predicted octanol–water partition coefficient (Wildman–Crippen LogP) is 0.783. The number of benzene rings is 1. The van der Waals surface area contributed by atoms with Gasteiger partial charge < -0.3 is 20.2 Å². The van der Waals surface area contributed by atoms with Crippen molar-refractivity contribution in [2.75, 3.05) is 32.7 Å². The SMILES string of the molecule is Cn1ncc(C(=O)N2CCC2)c1C(=O)NCCc1cnn(-c2ccccc2)n1.Cn1ncc(C(=O)N2CCC2)c1C(=O)O. The molecule has 2 N–H and O–H groups in total. The van der Waals surface area contributed by atoms with Crippen LogP contribution in [0.25, 0.3) is 5.69 Å². The lowest BCUT2D eigenvalue weighted by atomic mass is 10.1. The van der Waals surface area contributed by atoms with Crippen LogP contribution in [0.5, 0.6) is 0 Å². The van der Waals surface area contributed by atoms with E-state index >= 15 is 0 Å². The van der Waals surface area contributed by atoms with Crippen molar-refractivity contribution in [2.45, 2.75) is 19.3 Å². The Morgan fingerprint density at radius 2 is 1.35 bits per heavy atom. The molecule has 0 spiro atoms. The van der Waals surface area contributed by atoms with E-state index in [0.717, 1.165) is 37.3 Å². The average molecular weight is 589 g/mol. The van der Waals surface area contributed by atoms with Crippen LogP contribution in [0, 0.1) is 0 Å². The zero-order valence-electron chi connectivity index (χ0n) is 23.9. The van der Waals surface area contributed by atoms with Crippen LogP contribution in [0.4, 0.5) is 0 Å². The first-order valence-corrected chi connectivity index (χ1v) is 13.8. The molecule has 43 heavy (non-hydrogen) atoms. The second kappa shape index (κ2) is 12.7. The zero-order valence-corrected chi connectivity index (χ0v) is 23.9. The van der Waals surface area contributed by atoms with E-state index in [0.29, 0.717) is 31.6 Å². The quantitative estimate of drug-likeness (QED) is 0.302. The first-order chi connectivity index (χ1) is 20.7. The van der Waals surface area contributed by atoms with Crippen LogP contribution in [0.3, 0.4) is 0 Å². The summed E-state index contributed by atoms with van der Waals surface area (Å²) < 4.78 is 2.64. The molecule has 6 rings (SSSR count). The standard InChI is InChI=1S/C19H21N7O2.C9H11N3O3/c1-24-17(16(13-21-24)19(28)25-10-5-11-25)18(27)20-9-8-14-12-22-26(23-14)15-6-3-2-4-7-15;1-11-7(9(14)15)6(5-10-11)8(13)12-3-2-4-12/h2-4,6-7,12-13H,5,8-11H2,1H3,(H,20,27);5H,2-4H2,1H3,(H,14,15). The van der Waals surface area contributed by atoms with Gasteiger partial charge in [-0.05, 0) is 25.0 Å². The maximum absolute atomic E-state index is 12.6. The van der Waals surface area contributed by atoms with E-state index in [1.807, 2.05) is 30.3 Å². The molecule has 4 aromatic rings. The van der Waals surface area contributed by atoms with Crippen LogP contribution in [0.15, 0.2) is 48.9 Å². The van der Waals surface area contributed by atoms with Crippen molar-refractivity contribution in [1.29, 1.82) is 0 Å². The zero-order chi connectivity index (χ0) is 30.5. The number of hydrogen-bond donors (Lipinski definition) is 2. The number of aryl methyl sites for hydroxylation is 2. The Hall–Kier alpha value is -5.34. The average Bonchev–Trinajstić information content (AvgIpc) is 3.66. The van der Waals surface area contributed by atoms with E-state index in [9.17, 15) is 19.2 Å². The Bertz CT molecular complexity index is 1630. The highest BCUT2D eigenvalue weighted by atomic mass is 16.4. The molecule has 0 unspecified atom stereocenters. The lowest BCUT2D eigenvalue weighted by Gasteiger charge is -2.30. The third kappa shape index (κ3) is 6.29. The lowest BCUT2D eigenvalue weighted by Crippen LogP contribution is -2.43. The van der Waals surface area contributed by atoms with Gasteiger partial charge in [0.2, 0.25) is 0 Å². The fourth-order valence-corrected chi connectivity index (χ4v) is 4.57. The van der Waals surface area contributed by atoms with Gasteiger partial charge in [-0.25, -0.2) is 4.79 Å². The van der Waals surface area contributed by atoms with Crippen LogP contribution in [0.1, 0.15) is 60.2 Å². The number of aromatic nitrogens is 7. The van der Waals surface area contributed by atoms with Crippen molar-refractivity contribution in [3.63, 3.8) is 0 Å². The molecule has 0 radical (unpaired) electrons. The van der Waals surface area contributed by atoms with Crippen molar-refractivity contribution in [3.05, 3.63) is 77.1 Å². The van der Waals surface area contributed by atoms with Gasteiger partial charge in [0.15, 0.2) is 5.69 Å². The van der Waals surface area contributed by atoms with Gasteiger partial charge in [-0.15, -0.1) is 0 Å². The minimum atomic E-state index is -1.13. The van der Waals surface area contributed by atoms with Gasteiger partial charge in [-0.2, -0.15) is 25.2 Å². The third-order valence-corrected chi connectivity index (χ3v) is 7.24. The van der Waals surface area contributed by atoms with Gasteiger partial charge in [0, 0.05) is 53.2 Å². The summed E-state index contributed by atoms with van der Waals surface area (Å²) in [5, 5.41) is 28.3. The second-order valence-corrected chi connectivity index (χ2v) is 10.1. The summed E-state index contributed by atoms with van der Waals surface area (Å²) in [7, 11) is 3.17. The van der Waals surface area contributed by atoms with Gasteiger partial charge in [0.1, 0.15) is 5.69 Å². The summed E-state index contributed by atoms with van der Waals surface area (Å²) in [6.45, 7) is 3.24. The van der Waals surface area contributed by atoms with Crippen molar-refractivity contribution in [1.82, 2.24) is 49.7 Å². The first-order valence-electron chi connectivity index (χ1n) is 13.8. The number of amides is 3. The normalized spacial score (nSPS) is 13.8. The third-order valence-electron chi connectivity index (χ3n) is 7.24. The number of carboxylic acids is 1. The Labute approximate surface area is 246 Å². The number of nitrogens with zero attached hydrogens (tertiary/aromatic N) is 9. The molecular formula is C28H32N10O5. The Balaban J connectivity index is 0.000000207. The molecule has 5 heterocycles. The molecule has 0 bridgehead atoms. The highest BCUT2D eigenvalue weighted by Gasteiger charge is 2.29. The molecule has 2 aliphatic heterocycles. The van der Waals surface area contributed by atoms with Gasteiger partial charge in [-0.1, -0.05) is 18.2 Å². The van der Waals surface area contributed by atoms with E-state index in [1.165, 1.54) is 28.8 Å². The molecule has 3 aromatic heterocycles. The Morgan fingerprint density at radius 3 is 1.88 bits per heavy atom. The van der Waals surface area contributed by atoms with Gasteiger partial charge in [0.05, 0.1) is 41.1 Å². The number of carbonyl (C=O) groups excluding carboxylic acids is 3. The molecule has 15 nitrogen and oxygen atoms in total. The molecule has 0 aliphatic carbocycles. The second-order valence-electron chi connectivity index (χ2n) is 10.1. The molecule has 0 atom stereocenters. The van der Waals surface area contributed by atoms with Crippen molar-refractivity contribution in [3.8, 4) is 5.69 Å². The highest BCUT2D eigenvalue weighted by Crippen LogP contribution is 2.17. The minimum Gasteiger partial charge on any atom is -0.477 e. The Morgan fingerprint density at radius 1 is 0.791 bits per heavy atom. The predicted molar refractivity (Wildman–Crippen MR) is 152 cm³/mol. The van der Waals surface area contributed by atoms with Gasteiger partial charge in [-0.3, -0.25) is 23.7 Å². The monoisotopic (exact) mass is 588 g/mol. The molecular weight excluding hydrogens is 556 g/mol. The molecule has 2 fully saturated rings. The summed E-state index contributed by atoms with van der Waals surface area (Å²) in [5.74, 6) is -1.83. The fourth-order valence-electron chi connectivity index (χ4n) is 4.57. The number of hydrogen-bond acceptors (Lipinski definition) is 8. The van der Waals surface area contributed by atoms with Gasteiger partial charge >= 0.3 is 5.97 Å². The smallest absolute Gasteiger partial charge is 0.354 e. The van der Waals surface area contributed by atoms with Crippen LogP contribution in [-0.2, 0) is 20.5 Å². The summed E-state index contributed by atoms with van der Waals surface area (Å²) in [5.41, 5.74) is 2.39. The number of carbonyl (C=O) groups is 4.